The molecule has 0 N–H and O–H groups in total. The van der Waals surface area contributed by atoms with Crippen molar-refractivity contribution >= 4 is 23.4 Å². The third-order valence-corrected chi connectivity index (χ3v) is 5.75. The van der Waals surface area contributed by atoms with E-state index in [0.717, 1.165) is 23.6 Å². The summed E-state index contributed by atoms with van der Waals surface area (Å²) >= 11 is 7.37. The SMILES string of the molecule is Fc1ccccc1-c1nnc(SCc2nnc(-c3ccc(Cl)cc3)o2)n1C1CC1. The highest BCUT2D eigenvalue weighted by Gasteiger charge is 2.31. The summed E-state index contributed by atoms with van der Waals surface area (Å²) < 4.78 is 22.0. The third kappa shape index (κ3) is 3.77. The van der Waals surface area contributed by atoms with Crippen LogP contribution in [0.1, 0.15) is 24.8 Å². The zero-order valence-electron chi connectivity index (χ0n) is 15.1. The van der Waals surface area contributed by atoms with Gasteiger partial charge in [0.05, 0.1) is 11.3 Å². The Kier molecular flexibility index (Phi) is 4.81. The maximum Gasteiger partial charge on any atom is 0.247 e. The summed E-state index contributed by atoms with van der Waals surface area (Å²) in [6.45, 7) is 0. The van der Waals surface area contributed by atoms with E-state index in [-0.39, 0.29) is 5.82 Å². The lowest BCUT2D eigenvalue weighted by Crippen LogP contribution is -2.01. The number of aromatic nitrogens is 5. The van der Waals surface area contributed by atoms with Crippen LogP contribution in [0.15, 0.2) is 58.1 Å². The Morgan fingerprint density at radius 1 is 1.03 bits per heavy atom. The molecule has 1 aliphatic carbocycles. The standard InChI is InChI=1S/C20H15ClFN5OS/c21-13-7-5-12(6-8-13)19-25-23-17(28-19)11-29-20-26-24-18(27(20)14-9-10-14)15-3-1-2-4-16(15)22/h1-8,14H,9-11H2. The van der Waals surface area contributed by atoms with E-state index >= 15 is 0 Å². The van der Waals surface area contributed by atoms with Gasteiger partial charge in [0.25, 0.3) is 0 Å². The summed E-state index contributed by atoms with van der Waals surface area (Å²) in [6, 6.07) is 14.1. The fraction of sp³-hybridized carbons (Fsp3) is 0.200. The molecule has 1 fully saturated rings. The van der Waals surface area contributed by atoms with Gasteiger partial charge in [-0.25, -0.2) is 4.39 Å². The zero-order valence-corrected chi connectivity index (χ0v) is 16.7. The van der Waals surface area contributed by atoms with Crippen molar-refractivity contribution in [3.05, 3.63) is 65.3 Å². The van der Waals surface area contributed by atoms with Crippen molar-refractivity contribution in [3.63, 3.8) is 0 Å². The van der Waals surface area contributed by atoms with E-state index in [1.54, 1.807) is 30.3 Å². The number of benzene rings is 2. The van der Waals surface area contributed by atoms with Gasteiger partial charge in [0.2, 0.25) is 11.8 Å². The van der Waals surface area contributed by atoms with Gasteiger partial charge in [-0.05, 0) is 49.2 Å². The predicted molar refractivity (Wildman–Crippen MR) is 108 cm³/mol. The number of nitrogens with zero attached hydrogens (tertiary/aromatic N) is 5. The Hall–Kier alpha value is -2.71. The number of rotatable bonds is 6. The second-order valence-electron chi connectivity index (χ2n) is 6.68. The smallest absolute Gasteiger partial charge is 0.247 e. The van der Waals surface area contributed by atoms with Crippen molar-refractivity contribution in [1.29, 1.82) is 0 Å². The second-order valence-corrected chi connectivity index (χ2v) is 8.06. The van der Waals surface area contributed by atoms with Crippen LogP contribution in [-0.4, -0.2) is 25.0 Å². The maximum atomic E-state index is 14.3. The minimum absolute atomic E-state index is 0.300. The largest absolute Gasteiger partial charge is 0.420 e. The summed E-state index contributed by atoms with van der Waals surface area (Å²) in [7, 11) is 0. The molecule has 2 aromatic carbocycles. The molecule has 2 heterocycles. The minimum Gasteiger partial charge on any atom is -0.420 e. The average Bonchev–Trinajstić information content (AvgIpc) is 3.31. The van der Waals surface area contributed by atoms with Gasteiger partial charge in [0.1, 0.15) is 5.82 Å². The summed E-state index contributed by atoms with van der Waals surface area (Å²) in [6.07, 6.45) is 2.07. The molecule has 1 saturated carbocycles. The van der Waals surface area contributed by atoms with Gasteiger partial charge in [-0.3, -0.25) is 4.57 Å². The van der Waals surface area contributed by atoms with Crippen molar-refractivity contribution in [1.82, 2.24) is 25.0 Å². The van der Waals surface area contributed by atoms with Crippen LogP contribution < -0.4 is 0 Å². The second kappa shape index (κ2) is 7.61. The van der Waals surface area contributed by atoms with E-state index in [0.29, 0.717) is 40.0 Å². The quantitative estimate of drug-likeness (QED) is 0.383. The molecule has 0 saturated heterocycles. The number of halogens is 2. The van der Waals surface area contributed by atoms with Gasteiger partial charge in [-0.1, -0.05) is 35.5 Å². The molecule has 0 atom stereocenters. The van der Waals surface area contributed by atoms with E-state index in [1.165, 1.54) is 17.8 Å². The Morgan fingerprint density at radius 2 is 1.83 bits per heavy atom. The van der Waals surface area contributed by atoms with E-state index < -0.39 is 0 Å². The first-order valence-corrected chi connectivity index (χ1v) is 10.5. The first-order valence-electron chi connectivity index (χ1n) is 9.10. The van der Waals surface area contributed by atoms with Crippen LogP contribution >= 0.6 is 23.4 Å². The molecule has 5 rings (SSSR count). The molecule has 146 valence electrons. The number of hydrogen-bond acceptors (Lipinski definition) is 6. The van der Waals surface area contributed by atoms with E-state index in [2.05, 4.69) is 20.4 Å². The molecule has 6 nitrogen and oxygen atoms in total. The molecular formula is C20H15ClFN5OS. The molecule has 2 aromatic heterocycles. The van der Waals surface area contributed by atoms with Gasteiger partial charge < -0.3 is 4.42 Å². The Labute approximate surface area is 175 Å². The molecule has 0 aliphatic heterocycles. The zero-order chi connectivity index (χ0) is 19.8. The van der Waals surface area contributed by atoms with Crippen LogP contribution in [0.3, 0.4) is 0 Å². The topological polar surface area (TPSA) is 69.6 Å². The molecule has 0 unspecified atom stereocenters. The highest BCUT2D eigenvalue weighted by atomic mass is 35.5. The molecule has 0 bridgehead atoms. The van der Waals surface area contributed by atoms with Crippen molar-refractivity contribution in [2.45, 2.75) is 29.8 Å². The molecule has 0 radical (unpaired) electrons. The van der Waals surface area contributed by atoms with Crippen LogP contribution in [0.5, 0.6) is 0 Å². The van der Waals surface area contributed by atoms with Crippen molar-refractivity contribution in [2.24, 2.45) is 0 Å². The van der Waals surface area contributed by atoms with Crippen LogP contribution in [0, 0.1) is 5.82 Å². The van der Waals surface area contributed by atoms with Crippen LogP contribution in [0.4, 0.5) is 4.39 Å². The molecule has 9 heteroatoms. The summed E-state index contributed by atoms with van der Waals surface area (Å²) in [4.78, 5) is 0. The monoisotopic (exact) mass is 427 g/mol. The van der Waals surface area contributed by atoms with Gasteiger partial charge >= 0.3 is 0 Å². The van der Waals surface area contributed by atoms with Gasteiger partial charge in [0.15, 0.2) is 11.0 Å². The molecule has 4 aromatic rings. The fourth-order valence-corrected chi connectivity index (χ4v) is 3.98. The third-order valence-electron chi connectivity index (χ3n) is 4.57. The van der Waals surface area contributed by atoms with Crippen molar-refractivity contribution in [3.8, 4) is 22.8 Å². The lowest BCUT2D eigenvalue weighted by Gasteiger charge is -2.08. The van der Waals surface area contributed by atoms with Crippen LogP contribution in [0.25, 0.3) is 22.8 Å². The highest BCUT2D eigenvalue weighted by molar-refractivity contribution is 7.98. The first-order chi connectivity index (χ1) is 14.2. The maximum absolute atomic E-state index is 14.3. The molecule has 0 amide bonds. The van der Waals surface area contributed by atoms with Crippen molar-refractivity contribution in [2.75, 3.05) is 0 Å². The molecule has 0 spiro atoms. The van der Waals surface area contributed by atoms with E-state index in [9.17, 15) is 4.39 Å². The Bertz CT molecular complexity index is 1160. The van der Waals surface area contributed by atoms with Gasteiger partial charge in [-0.2, -0.15) is 0 Å². The Morgan fingerprint density at radius 3 is 2.59 bits per heavy atom. The Balaban J connectivity index is 1.37. The van der Waals surface area contributed by atoms with Crippen molar-refractivity contribution < 1.29 is 8.81 Å². The number of thioether (sulfide) groups is 1. The highest BCUT2D eigenvalue weighted by Crippen LogP contribution is 2.41. The predicted octanol–water partition coefficient (Wildman–Crippen LogP) is 5.41. The summed E-state index contributed by atoms with van der Waals surface area (Å²) in [5, 5.41) is 18.1. The number of hydrogen-bond donors (Lipinski definition) is 0. The molecule has 1 aliphatic rings. The fourth-order valence-electron chi connectivity index (χ4n) is 3.01. The van der Waals surface area contributed by atoms with Gasteiger partial charge in [0, 0.05) is 16.6 Å². The molecular weight excluding hydrogens is 413 g/mol. The average molecular weight is 428 g/mol. The van der Waals surface area contributed by atoms with Crippen LogP contribution in [0.2, 0.25) is 5.02 Å². The lowest BCUT2D eigenvalue weighted by atomic mass is 10.2. The lowest BCUT2D eigenvalue weighted by molar-refractivity contribution is 0.528. The first kappa shape index (κ1) is 18.3. The summed E-state index contributed by atoms with van der Waals surface area (Å²) in [5.41, 5.74) is 1.27. The van der Waals surface area contributed by atoms with E-state index in [1.807, 2.05) is 16.7 Å². The normalized spacial score (nSPS) is 13.7. The molecule has 29 heavy (non-hydrogen) atoms. The van der Waals surface area contributed by atoms with Crippen LogP contribution in [-0.2, 0) is 5.75 Å². The minimum atomic E-state index is -0.303. The summed E-state index contributed by atoms with van der Waals surface area (Å²) in [5.74, 6) is 1.62. The van der Waals surface area contributed by atoms with Gasteiger partial charge in [-0.15, -0.1) is 20.4 Å². The van der Waals surface area contributed by atoms with E-state index in [4.69, 9.17) is 16.0 Å².